The van der Waals surface area contributed by atoms with Crippen LogP contribution in [0.5, 0.6) is 0 Å². The van der Waals surface area contributed by atoms with Gasteiger partial charge in [-0.05, 0) is 26.2 Å². The zero-order valence-corrected chi connectivity index (χ0v) is 5.92. The van der Waals surface area contributed by atoms with E-state index < -0.39 is 0 Å². The first kappa shape index (κ1) is 8.22. The lowest BCUT2D eigenvalue weighted by molar-refractivity contribution is 0.456. The van der Waals surface area contributed by atoms with E-state index in [2.05, 4.69) is 0 Å². The van der Waals surface area contributed by atoms with Crippen molar-refractivity contribution >= 4 is 11.6 Å². The summed E-state index contributed by atoms with van der Waals surface area (Å²) < 4.78 is 11.4. The van der Waals surface area contributed by atoms with Crippen LogP contribution in [0.3, 0.4) is 0 Å². The summed E-state index contributed by atoms with van der Waals surface area (Å²) in [6.45, 7) is 1.73. The van der Waals surface area contributed by atoms with E-state index in [4.69, 9.17) is 11.6 Å². The molecule has 0 aliphatic rings. The van der Waals surface area contributed by atoms with Crippen molar-refractivity contribution < 1.29 is 4.39 Å². The van der Waals surface area contributed by atoms with Gasteiger partial charge in [0.1, 0.15) is 0 Å². The van der Waals surface area contributed by atoms with Gasteiger partial charge in [0, 0.05) is 5.38 Å². The van der Waals surface area contributed by atoms with Crippen molar-refractivity contribution in [2.45, 2.75) is 31.6 Å². The number of rotatable bonds is 4. The highest BCUT2D eigenvalue weighted by Crippen LogP contribution is 2.05. The first-order chi connectivity index (χ1) is 3.77. The minimum atomic E-state index is -0.205. The van der Waals surface area contributed by atoms with E-state index >= 15 is 0 Å². The largest absolute Gasteiger partial charge is 0.251 e. The molecule has 0 bridgehead atoms. The Bertz CT molecular complexity index is 45.8. The Morgan fingerprint density at radius 3 is 2.50 bits per heavy atom. The second-order valence-corrected chi connectivity index (χ2v) is 2.71. The smallest absolute Gasteiger partial charge is 0.0894 e. The highest BCUT2D eigenvalue weighted by atomic mass is 35.5. The molecule has 0 saturated heterocycles. The molecule has 2 heteroatoms. The van der Waals surface area contributed by atoms with Gasteiger partial charge in [-0.15, -0.1) is 11.6 Å². The summed E-state index contributed by atoms with van der Waals surface area (Å²) in [6, 6.07) is 0. The normalized spacial score (nSPS) is 13.9. The lowest BCUT2D eigenvalue weighted by Crippen LogP contribution is -1.89. The molecule has 0 radical (unpaired) electrons. The van der Waals surface area contributed by atoms with Crippen LogP contribution in [0, 0.1) is 0 Å². The van der Waals surface area contributed by atoms with E-state index in [1.54, 1.807) is 0 Å². The van der Waals surface area contributed by atoms with E-state index in [1.807, 2.05) is 6.92 Å². The monoisotopic (exact) mass is 138 g/mol. The van der Waals surface area contributed by atoms with Crippen LogP contribution in [0.2, 0.25) is 0 Å². The van der Waals surface area contributed by atoms with Gasteiger partial charge in [0.15, 0.2) is 0 Å². The van der Waals surface area contributed by atoms with Gasteiger partial charge in [0.2, 0.25) is 0 Å². The number of halogens is 2. The van der Waals surface area contributed by atoms with Crippen molar-refractivity contribution in [3.8, 4) is 0 Å². The minimum Gasteiger partial charge on any atom is -0.251 e. The van der Waals surface area contributed by atoms with Crippen molar-refractivity contribution in [1.29, 1.82) is 0 Å². The first-order valence-electron chi connectivity index (χ1n) is 2.97. The molecule has 0 rings (SSSR count). The third-order valence-corrected chi connectivity index (χ3v) is 1.20. The van der Waals surface area contributed by atoms with Crippen LogP contribution in [-0.2, 0) is 0 Å². The molecule has 0 heterocycles. The summed E-state index contributed by atoms with van der Waals surface area (Å²) in [6.07, 6.45) is 2.52. The molecule has 0 aromatic carbocycles. The van der Waals surface area contributed by atoms with E-state index in [0.717, 1.165) is 12.8 Å². The molecule has 0 saturated carbocycles. The van der Waals surface area contributed by atoms with Gasteiger partial charge in [-0.25, -0.2) is 0 Å². The molecule has 0 fully saturated rings. The fraction of sp³-hybridized carbons (Fsp3) is 1.00. The molecule has 50 valence electrons. The molecule has 0 aromatic rings. The van der Waals surface area contributed by atoms with Gasteiger partial charge >= 0.3 is 0 Å². The van der Waals surface area contributed by atoms with Crippen LogP contribution in [-0.4, -0.2) is 12.1 Å². The molecular formula is C6H12ClF. The topological polar surface area (TPSA) is 0 Å². The molecule has 1 atom stereocenters. The Hall–Kier alpha value is 0.220. The van der Waals surface area contributed by atoms with Gasteiger partial charge in [-0.2, -0.15) is 0 Å². The molecule has 0 N–H and O–H groups in total. The lowest BCUT2D eigenvalue weighted by Gasteiger charge is -1.97. The van der Waals surface area contributed by atoms with Crippen LogP contribution in [0.4, 0.5) is 4.39 Å². The number of alkyl halides is 2. The molecule has 1 unspecified atom stereocenters. The third-order valence-electron chi connectivity index (χ3n) is 0.986. The quantitative estimate of drug-likeness (QED) is 0.414. The average molecular weight is 139 g/mol. The van der Waals surface area contributed by atoms with Crippen LogP contribution in [0.25, 0.3) is 0 Å². The van der Waals surface area contributed by atoms with E-state index in [-0.39, 0.29) is 12.1 Å². The van der Waals surface area contributed by atoms with E-state index in [0.29, 0.717) is 6.42 Å². The predicted molar refractivity (Wildman–Crippen MR) is 35.1 cm³/mol. The Kier molecular flexibility index (Phi) is 5.51. The third kappa shape index (κ3) is 6.22. The zero-order valence-electron chi connectivity index (χ0n) is 5.16. The minimum absolute atomic E-state index is 0.205. The Morgan fingerprint density at radius 2 is 2.12 bits per heavy atom. The second kappa shape index (κ2) is 5.36. The summed E-state index contributed by atoms with van der Waals surface area (Å²) in [5, 5.41) is 0.210. The van der Waals surface area contributed by atoms with Crippen molar-refractivity contribution in [1.82, 2.24) is 0 Å². The van der Waals surface area contributed by atoms with Crippen molar-refractivity contribution in [3.05, 3.63) is 0 Å². The maximum absolute atomic E-state index is 11.4. The fourth-order valence-corrected chi connectivity index (χ4v) is 0.674. The summed E-state index contributed by atoms with van der Waals surface area (Å²) >= 11 is 5.59. The molecule has 0 aromatic heterocycles. The maximum Gasteiger partial charge on any atom is 0.0894 e. The predicted octanol–water partition coefficient (Wildman–Crippen LogP) is 2.75. The Morgan fingerprint density at radius 1 is 1.50 bits per heavy atom. The first-order valence-corrected chi connectivity index (χ1v) is 3.41. The van der Waals surface area contributed by atoms with Gasteiger partial charge in [-0.3, -0.25) is 4.39 Å². The SMILES string of the molecule is CC(Cl)CCCCF. The van der Waals surface area contributed by atoms with Crippen molar-refractivity contribution in [2.24, 2.45) is 0 Å². The molecule has 0 aliphatic heterocycles. The molecular weight excluding hydrogens is 127 g/mol. The highest BCUT2D eigenvalue weighted by Gasteiger charge is 1.93. The Labute approximate surface area is 55.0 Å². The molecule has 0 spiro atoms. The zero-order chi connectivity index (χ0) is 6.41. The summed E-state index contributed by atoms with van der Waals surface area (Å²) in [4.78, 5) is 0. The Balaban J connectivity index is 2.72. The average Bonchev–Trinajstić information content (AvgIpc) is 1.66. The molecule has 0 nitrogen and oxygen atoms in total. The van der Waals surface area contributed by atoms with Crippen LogP contribution < -0.4 is 0 Å². The number of hydrogen-bond donors (Lipinski definition) is 0. The van der Waals surface area contributed by atoms with Crippen LogP contribution in [0.15, 0.2) is 0 Å². The van der Waals surface area contributed by atoms with Crippen molar-refractivity contribution in [3.63, 3.8) is 0 Å². The summed E-state index contributed by atoms with van der Waals surface area (Å²) in [5.41, 5.74) is 0. The van der Waals surface area contributed by atoms with Gasteiger partial charge in [0.05, 0.1) is 6.67 Å². The highest BCUT2D eigenvalue weighted by molar-refractivity contribution is 6.20. The van der Waals surface area contributed by atoms with Gasteiger partial charge in [-0.1, -0.05) is 0 Å². The summed E-state index contributed by atoms with van der Waals surface area (Å²) in [7, 11) is 0. The fourth-order valence-electron chi connectivity index (χ4n) is 0.520. The van der Waals surface area contributed by atoms with Gasteiger partial charge in [0.25, 0.3) is 0 Å². The van der Waals surface area contributed by atoms with Crippen LogP contribution >= 0.6 is 11.6 Å². The van der Waals surface area contributed by atoms with Crippen molar-refractivity contribution in [2.75, 3.05) is 6.67 Å². The number of hydrogen-bond acceptors (Lipinski definition) is 0. The second-order valence-electron chi connectivity index (χ2n) is 1.97. The molecule has 0 aliphatic carbocycles. The number of unbranched alkanes of at least 4 members (excludes halogenated alkanes) is 1. The molecule has 0 amide bonds. The molecule has 8 heavy (non-hydrogen) atoms. The maximum atomic E-state index is 11.4. The van der Waals surface area contributed by atoms with E-state index in [9.17, 15) is 4.39 Å². The summed E-state index contributed by atoms with van der Waals surface area (Å²) in [5.74, 6) is 0. The van der Waals surface area contributed by atoms with Gasteiger partial charge < -0.3 is 0 Å². The van der Waals surface area contributed by atoms with E-state index in [1.165, 1.54) is 0 Å². The van der Waals surface area contributed by atoms with Crippen LogP contribution in [0.1, 0.15) is 26.2 Å². The lowest BCUT2D eigenvalue weighted by atomic mass is 10.2. The standard InChI is InChI=1S/C6H12ClF/c1-6(7)4-2-3-5-8/h6H,2-5H2,1H3.